The van der Waals surface area contributed by atoms with Crippen LogP contribution in [0.15, 0.2) is 48.5 Å². The number of rotatable bonds is 6. The number of para-hydroxylation sites is 1. The van der Waals surface area contributed by atoms with Crippen molar-refractivity contribution in [2.24, 2.45) is 0 Å². The highest BCUT2D eigenvalue weighted by Gasteiger charge is 2.01. The van der Waals surface area contributed by atoms with Crippen LogP contribution in [0.2, 0.25) is 0 Å². The van der Waals surface area contributed by atoms with Crippen LogP contribution < -0.4 is 16.4 Å². The molecule has 0 spiro atoms. The van der Waals surface area contributed by atoms with Crippen molar-refractivity contribution in [2.75, 3.05) is 29.5 Å². The van der Waals surface area contributed by atoms with Crippen LogP contribution in [0.3, 0.4) is 0 Å². The zero-order valence-corrected chi connectivity index (χ0v) is 10.8. The minimum absolute atomic E-state index is 0.113. The number of nitrogens with two attached hydrogens (primary N) is 1. The fraction of sp³-hybridized carbons (Fsp3) is 0.200. The molecule has 0 aliphatic carbocycles. The third-order valence-corrected chi connectivity index (χ3v) is 2.84. The highest BCUT2D eigenvalue weighted by Crippen LogP contribution is 2.19. The highest BCUT2D eigenvalue weighted by molar-refractivity contribution is 5.58. The molecule has 4 heteroatoms. The quantitative estimate of drug-likeness (QED) is 0.599. The van der Waals surface area contributed by atoms with E-state index in [1.807, 2.05) is 48.5 Å². The molecule has 0 amide bonds. The van der Waals surface area contributed by atoms with Crippen LogP contribution in [0.4, 0.5) is 17.1 Å². The largest absolute Gasteiger partial charge is 0.398 e. The molecule has 100 valence electrons. The van der Waals surface area contributed by atoms with Gasteiger partial charge in [-0.3, -0.25) is 0 Å². The van der Waals surface area contributed by atoms with E-state index in [0.29, 0.717) is 13.1 Å². The number of benzene rings is 2. The third-order valence-electron chi connectivity index (χ3n) is 2.84. The van der Waals surface area contributed by atoms with Crippen molar-refractivity contribution in [1.82, 2.24) is 0 Å². The molecule has 2 aromatic carbocycles. The maximum atomic E-state index is 8.80. The number of anilines is 3. The Morgan fingerprint density at radius 2 is 1.74 bits per heavy atom. The van der Waals surface area contributed by atoms with Gasteiger partial charge in [-0.15, -0.1) is 0 Å². The van der Waals surface area contributed by atoms with Gasteiger partial charge < -0.3 is 21.5 Å². The first-order chi connectivity index (χ1) is 9.29. The lowest BCUT2D eigenvalue weighted by Crippen LogP contribution is -2.07. The monoisotopic (exact) mass is 257 g/mol. The SMILES string of the molecule is Nc1ccc(NCCO)cc1CNc1ccccc1. The second kappa shape index (κ2) is 6.66. The average molecular weight is 257 g/mol. The van der Waals surface area contributed by atoms with E-state index in [9.17, 15) is 0 Å². The van der Waals surface area contributed by atoms with Gasteiger partial charge in [0.25, 0.3) is 0 Å². The van der Waals surface area contributed by atoms with E-state index >= 15 is 0 Å². The van der Waals surface area contributed by atoms with E-state index in [0.717, 1.165) is 22.6 Å². The number of nitrogens with one attached hydrogen (secondary N) is 2. The molecule has 4 nitrogen and oxygen atoms in total. The smallest absolute Gasteiger partial charge is 0.0604 e. The molecule has 0 heterocycles. The zero-order valence-electron chi connectivity index (χ0n) is 10.8. The van der Waals surface area contributed by atoms with Crippen LogP contribution in [0.1, 0.15) is 5.56 Å². The van der Waals surface area contributed by atoms with E-state index in [2.05, 4.69) is 10.6 Å². The van der Waals surface area contributed by atoms with Gasteiger partial charge in [0.05, 0.1) is 6.61 Å². The summed E-state index contributed by atoms with van der Waals surface area (Å²) in [7, 11) is 0. The third kappa shape index (κ3) is 3.89. The lowest BCUT2D eigenvalue weighted by Gasteiger charge is -2.11. The van der Waals surface area contributed by atoms with Crippen molar-refractivity contribution < 1.29 is 5.11 Å². The Kier molecular flexibility index (Phi) is 4.64. The van der Waals surface area contributed by atoms with Crippen LogP contribution >= 0.6 is 0 Å². The van der Waals surface area contributed by atoms with Gasteiger partial charge in [0, 0.05) is 30.2 Å². The summed E-state index contributed by atoms with van der Waals surface area (Å²) in [6.07, 6.45) is 0. The Hall–Kier alpha value is -2.20. The van der Waals surface area contributed by atoms with Crippen LogP contribution in [-0.2, 0) is 6.54 Å². The molecule has 5 N–H and O–H groups in total. The predicted octanol–water partition coefficient (Wildman–Crippen LogP) is 2.29. The lowest BCUT2D eigenvalue weighted by atomic mass is 10.1. The molecule has 0 aliphatic heterocycles. The first-order valence-electron chi connectivity index (χ1n) is 6.31. The maximum absolute atomic E-state index is 8.80. The fourth-order valence-electron chi connectivity index (χ4n) is 1.82. The second-order valence-electron chi connectivity index (χ2n) is 4.28. The van der Waals surface area contributed by atoms with Gasteiger partial charge in [-0.2, -0.15) is 0 Å². The number of nitrogen functional groups attached to an aromatic ring is 1. The molecule has 0 radical (unpaired) electrons. The number of hydrogen-bond acceptors (Lipinski definition) is 4. The molecule has 2 rings (SSSR count). The normalized spacial score (nSPS) is 10.2. The highest BCUT2D eigenvalue weighted by atomic mass is 16.3. The molecule has 0 atom stereocenters. The first kappa shape index (κ1) is 13.2. The summed E-state index contributed by atoms with van der Waals surface area (Å²) in [5.74, 6) is 0. The van der Waals surface area contributed by atoms with Crippen LogP contribution in [-0.4, -0.2) is 18.3 Å². The van der Waals surface area contributed by atoms with Crippen molar-refractivity contribution in [3.8, 4) is 0 Å². The molecule has 0 aromatic heterocycles. The Balaban J connectivity index is 2.02. The Bertz CT molecular complexity index is 514. The fourth-order valence-corrected chi connectivity index (χ4v) is 1.82. The molecule has 2 aromatic rings. The standard InChI is InChI=1S/C15H19N3O/c16-15-7-6-14(17-8-9-19)10-12(15)11-18-13-4-2-1-3-5-13/h1-7,10,17-19H,8-9,11,16H2. The molecular weight excluding hydrogens is 238 g/mol. The molecule has 19 heavy (non-hydrogen) atoms. The topological polar surface area (TPSA) is 70.3 Å². The van der Waals surface area contributed by atoms with E-state index in [-0.39, 0.29) is 6.61 Å². The maximum Gasteiger partial charge on any atom is 0.0604 e. The zero-order chi connectivity index (χ0) is 13.5. The summed E-state index contributed by atoms with van der Waals surface area (Å²) < 4.78 is 0. The van der Waals surface area contributed by atoms with Gasteiger partial charge in [-0.1, -0.05) is 18.2 Å². The predicted molar refractivity (Wildman–Crippen MR) is 80.2 cm³/mol. The van der Waals surface area contributed by atoms with Gasteiger partial charge in [0.2, 0.25) is 0 Å². The van der Waals surface area contributed by atoms with E-state index in [1.165, 1.54) is 0 Å². The van der Waals surface area contributed by atoms with E-state index in [1.54, 1.807) is 0 Å². The van der Waals surface area contributed by atoms with Gasteiger partial charge in [-0.25, -0.2) is 0 Å². The molecular formula is C15H19N3O. The Labute approximate surface area is 113 Å². The van der Waals surface area contributed by atoms with Crippen LogP contribution in [0.25, 0.3) is 0 Å². The molecule has 0 bridgehead atoms. The van der Waals surface area contributed by atoms with Gasteiger partial charge >= 0.3 is 0 Å². The minimum atomic E-state index is 0.113. The van der Waals surface area contributed by atoms with Crippen LogP contribution in [0.5, 0.6) is 0 Å². The Morgan fingerprint density at radius 3 is 2.47 bits per heavy atom. The summed E-state index contributed by atoms with van der Waals surface area (Å²) in [6, 6.07) is 15.8. The Morgan fingerprint density at radius 1 is 0.947 bits per heavy atom. The van der Waals surface area contributed by atoms with Gasteiger partial charge in [0.1, 0.15) is 0 Å². The number of aliphatic hydroxyl groups is 1. The second-order valence-corrected chi connectivity index (χ2v) is 4.28. The van der Waals surface area contributed by atoms with E-state index in [4.69, 9.17) is 10.8 Å². The van der Waals surface area contributed by atoms with Gasteiger partial charge in [-0.05, 0) is 35.9 Å². The summed E-state index contributed by atoms with van der Waals surface area (Å²) in [4.78, 5) is 0. The van der Waals surface area contributed by atoms with Crippen molar-refractivity contribution >= 4 is 17.1 Å². The minimum Gasteiger partial charge on any atom is -0.398 e. The first-order valence-corrected chi connectivity index (χ1v) is 6.31. The molecule has 0 fully saturated rings. The summed E-state index contributed by atoms with van der Waals surface area (Å²) >= 11 is 0. The average Bonchev–Trinajstić information content (AvgIpc) is 2.46. The molecule has 0 saturated heterocycles. The van der Waals surface area contributed by atoms with E-state index < -0.39 is 0 Å². The summed E-state index contributed by atoms with van der Waals surface area (Å²) in [5, 5.41) is 15.3. The number of aliphatic hydroxyl groups excluding tert-OH is 1. The summed E-state index contributed by atoms with van der Waals surface area (Å²) in [6.45, 7) is 1.32. The molecule has 0 aliphatic rings. The van der Waals surface area contributed by atoms with Crippen molar-refractivity contribution in [3.05, 3.63) is 54.1 Å². The van der Waals surface area contributed by atoms with Crippen molar-refractivity contribution in [1.29, 1.82) is 0 Å². The molecule has 0 saturated carbocycles. The lowest BCUT2D eigenvalue weighted by molar-refractivity contribution is 0.311. The van der Waals surface area contributed by atoms with Crippen molar-refractivity contribution in [2.45, 2.75) is 6.54 Å². The van der Waals surface area contributed by atoms with Gasteiger partial charge in [0.15, 0.2) is 0 Å². The van der Waals surface area contributed by atoms with Crippen molar-refractivity contribution in [3.63, 3.8) is 0 Å². The number of hydrogen-bond donors (Lipinski definition) is 4. The summed E-state index contributed by atoms with van der Waals surface area (Å²) in [5.41, 5.74) is 9.79. The van der Waals surface area contributed by atoms with Crippen LogP contribution in [0, 0.1) is 0 Å². The molecule has 0 unspecified atom stereocenters.